The lowest BCUT2D eigenvalue weighted by molar-refractivity contribution is 0.102. The number of para-hydroxylation sites is 2. The predicted octanol–water partition coefficient (Wildman–Crippen LogP) is 5.05. The summed E-state index contributed by atoms with van der Waals surface area (Å²) in [6, 6.07) is 14.6. The molecule has 0 aliphatic rings. The van der Waals surface area contributed by atoms with E-state index in [1.54, 1.807) is 25.4 Å². The molecule has 3 aromatic rings. The van der Waals surface area contributed by atoms with Crippen LogP contribution in [0.25, 0.3) is 0 Å². The topological polar surface area (TPSA) is 63.2 Å². The highest BCUT2D eigenvalue weighted by molar-refractivity contribution is 6.31. The average Bonchev–Trinajstić information content (AvgIpc) is 2.65. The van der Waals surface area contributed by atoms with Gasteiger partial charge < -0.3 is 15.4 Å². The van der Waals surface area contributed by atoms with Gasteiger partial charge >= 0.3 is 0 Å². The summed E-state index contributed by atoms with van der Waals surface area (Å²) in [4.78, 5) is 16.6. The third-order valence-electron chi connectivity index (χ3n) is 3.82. The van der Waals surface area contributed by atoms with Gasteiger partial charge in [-0.1, -0.05) is 29.8 Å². The number of methoxy groups -OCH3 is 1. The average molecular weight is 368 g/mol. The van der Waals surface area contributed by atoms with Crippen LogP contribution in [-0.4, -0.2) is 18.0 Å². The zero-order valence-corrected chi connectivity index (χ0v) is 15.2. The minimum atomic E-state index is -0.263. The molecule has 0 saturated carbocycles. The highest BCUT2D eigenvalue weighted by Crippen LogP contribution is 2.27. The van der Waals surface area contributed by atoms with Crippen molar-refractivity contribution in [3.8, 4) is 5.75 Å². The fourth-order valence-corrected chi connectivity index (χ4v) is 2.59. The summed E-state index contributed by atoms with van der Waals surface area (Å²) in [5, 5.41) is 6.64. The molecule has 0 aliphatic carbocycles. The lowest BCUT2D eigenvalue weighted by Gasteiger charge is -2.12. The number of hydrogen-bond donors (Lipinski definition) is 2. The molecule has 0 aliphatic heterocycles. The Kier molecular flexibility index (Phi) is 5.39. The normalized spacial score (nSPS) is 10.3. The van der Waals surface area contributed by atoms with Crippen LogP contribution in [0.15, 0.2) is 60.9 Å². The van der Waals surface area contributed by atoms with Crippen molar-refractivity contribution in [2.24, 2.45) is 0 Å². The molecule has 5 nitrogen and oxygen atoms in total. The van der Waals surface area contributed by atoms with Crippen LogP contribution < -0.4 is 15.4 Å². The third kappa shape index (κ3) is 4.13. The Labute approximate surface area is 157 Å². The van der Waals surface area contributed by atoms with E-state index >= 15 is 0 Å². The molecule has 0 fully saturated rings. The number of ether oxygens (including phenoxy) is 1. The number of nitrogens with one attached hydrogen (secondary N) is 2. The number of carbonyl (C=O) groups is 1. The molecule has 0 spiro atoms. The lowest BCUT2D eigenvalue weighted by Crippen LogP contribution is -2.12. The van der Waals surface area contributed by atoms with Crippen LogP contribution in [0.1, 0.15) is 15.9 Å². The van der Waals surface area contributed by atoms with Gasteiger partial charge in [0.2, 0.25) is 0 Å². The summed E-state index contributed by atoms with van der Waals surface area (Å²) in [6.07, 6.45) is 3.16. The first-order valence-corrected chi connectivity index (χ1v) is 8.37. The molecular formula is C20H18ClN3O2. The number of amides is 1. The van der Waals surface area contributed by atoms with E-state index in [4.69, 9.17) is 16.3 Å². The van der Waals surface area contributed by atoms with Crippen LogP contribution in [0.2, 0.25) is 5.02 Å². The molecule has 1 heterocycles. The molecule has 2 N–H and O–H groups in total. The molecule has 6 heteroatoms. The van der Waals surface area contributed by atoms with E-state index in [0.29, 0.717) is 27.7 Å². The molecule has 0 atom stereocenters. The van der Waals surface area contributed by atoms with Crippen LogP contribution >= 0.6 is 11.6 Å². The van der Waals surface area contributed by atoms with E-state index in [-0.39, 0.29) is 5.91 Å². The summed E-state index contributed by atoms with van der Waals surface area (Å²) >= 11 is 6.10. The lowest BCUT2D eigenvalue weighted by atomic mass is 10.2. The van der Waals surface area contributed by atoms with Gasteiger partial charge in [0.15, 0.2) is 0 Å². The summed E-state index contributed by atoms with van der Waals surface area (Å²) < 4.78 is 5.32. The first kappa shape index (κ1) is 17.8. The Morgan fingerprint density at radius 1 is 1.08 bits per heavy atom. The van der Waals surface area contributed by atoms with Crippen molar-refractivity contribution < 1.29 is 9.53 Å². The predicted molar refractivity (Wildman–Crippen MR) is 105 cm³/mol. The zero-order chi connectivity index (χ0) is 18.5. The number of benzene rings is 2. The second kappa shape index (κ2) is 7.89. The van der Waals surface area contributed by atoms with Crippen LogP contribution in [0.3, 0.4) is 0 Å². The summed E-state index contributed by atoms with van der Waals surface area (Å²) in [5.74, 6) is 0.442. The van der Waals surface area contributed by atoms with Gasteiger partial charge in [-0.15, -0.1) is 0 Å². The number of halogens is 1. The fourth-order valence-electron chi connectivity index (χ4n) is 2.41. The number of anilines is 3. The number of nitrogens with zero attached hydrogens (tertiary/aromatic N) is 1. The second-order valence-corrected chi connectivity index (χ2v) is 6.11. The van der Waals surface area contributed by atoms with Crippen molar-refractivity contribution in [3.63, 3.8) is 0 Å². The van der Waals surface area contributed by atoms with Crippen molar-refractivity contribution >= 4 is 34.6 Å². The van der Waals surface area contributed by atoms with Crippen LogP contribution in [0.5, 0.6) is 5.75 Å². The quantitative estimate of drug-likeness (QED) is 0.662. The molecule has 26 heavy (non-hydrogen) atoms. The Balaban J connectivity index is 1.78. The van der Waals surface area contributed by atoms with Crippen LogP contribution in [0, 0.1) is 6.92 Å². The number of carbonyl (C=O) groups excluding carboxylic acids is 1. The van der Waals surface area contributed by atoms with Gasteiger partial charge in [0.1, 0.15) is 5.75 Å². The van der Waals surface area contributed by atoms with E-state index in [9.17, 15) is 4.79 Å². The highest BCUT2D eigenvalue weighted by atomic mass is 35.5. The number of aryl methyl sites for hydroxylation is 1. The Bertz CT molecular complexity index is 944. The minimum absolute atomic E-state index is 0.263. The Morgan fingerprint density at radius 3 is 2.65 bits per heavy atom. The minimum Gasteiger partial charge on any atom is -0.495 e. The van der Waals surface area contributed by atoms with Gasteiger partial charge in [-0.25, -0.2) is 0 Å². The van der Waals surface area contributed by atoms with Gasteiger partial charge in [0.05, 0.1) is 30.2 Å². The van der Waals surface area contributed by atoms with Crippen LogP contribution in [-0.2, 0) is 0 Å². The maximum Gasteiger partial charge on any atom is 0.257 e. The standard InChI is InChI=1S/C20H18ClN3O2/c1-13-7-8-15(10-17(13)21)24-20(25)14-9-16(12-22-11-14)23-18-5-3-4-6-19(18)26-2/h3-12,23H,1-2H3,(H,24,25). The molecule has 0 unspecified atom stereocenters. The molecule has 132 valence electrons. The second-order valence-electron chi connectivity index (χ2n) is 5.71. The van der Waals surface area contributed by atoms with Crippen molar-refractivity contribution in [1.29, 1.82) is 0 Å². The van der Waals surface area contributed by atoms with Crippen molar-refractivity contribution in [3.05, 3.63) is 77.1 Å². The highest BCUT2D eigenvalue weighted by Gasteiger charge is 2.10. The van der Waals surface area contributed by atoms with E-state index in [0.717, 1.165) is 11.3 Å². The number of aromatic nitrogens is 1. The maximum atomic E-state index is 12.5. The fraction of sp³-hybridized carbons (Fsp3) is 0.100. The van der Waals surface area contributed by atoms with Crippen molar-refractivity contribution in [1.82, 2.24) is 4.98 Å². The number of hydrogen-bond acceptors (Lipinski definition) is 4. The molecule has 0 saturated heterocycles. The van der Waals surface area contributed by atoms with Crippen molar-refractivity contribution in [2.45, 2.75) is 6.92 Å². The number of rotatable bonds is 5. The molecule has 0 radical (unpaired) electrons. The largest absolute Gasteiger partial charge is 0.495 e. The van der Waals surface area contributed by atoms with Crippen LogP contribution in [0.4, 0.5) is 17.1 Å². The maximum absolute atomic E-state index is 12.5. The molecule has 0 bridgehead atoms. The Hall–Kier alpha value is -3.05. The first-order chi connectivity index (χ1) is 12.6. The number of pyridine rings is 1. The molecular weight excluding hydrogens is 350 g/mol. The SMILES string of the molecule is COc1ccccc1Nc1cncc(C(=O)Nc2ccc(C)c(Cl)c2)c1. The van der Waals surface area contributed by atoms with E-state index < -0.39 is 0 Å². The van der Waals surface area contributed by atoms with Crippen molar-refractivity contribution in [2.75, 3.05) is 17.7 Å². The van der Waals surface area contributed by atoms with Gasteiger partial charge in [0, 0.05) is 16.9 Å². The molecule has 2 aromatic carbocycles. The van der Waals surface area contributed by atoms with Gasteiger partial charge in [-0.05, 0) is 42.8 Å². The first-order valence-electron chi connectivity index (χ1n) is 7.99. The summed E-state index contributed by atoms with van der Waals surface area (Å²) in [7, 11) is 1.61. The molecule has 1 aromatic heterocycles. The zero-order valence-electron chi connectivity index (χ0n) is 14.4. The smallest absolute Gasteiger partial charge is 0.257 e. The monoisotopic (exact) mass is 367 g/mol. The van der Waals surface area contributed by atoms with E-state index in [2.05, 4.69) is 15.6 Å². The Morgan fingerprint density at radius 2 is 1.88 bits per heavy atom. The van der Waals surface area contributed by atoms with Gasteiger partial charge in [-0.3, -0.25) is 9.78 Å². The molecule has 3 rings (SSSR count). The van der Waals surface area contributed by atoms with Gasteiger partial charge in [-0.2, -0.15) is 0 Å². The van der Waals surface area contributed by atoms with E-state index in [1.165, 1.54) is 6.20 Å². The summed E-state index contributed by atoms with van der Waals surface area (Å²) in [5.41, 5.74) is 3.49. The van der Waals surface area contributed by atoms with Gasteiger partial charge in [0.25, 0.3) is 5.91 Å². The third-order valence-corrected chi connectivity index (χ3v) is 4.22. The summed E-state index contributed by atoms with van der Waals surface area (Å²) in [6.45, 7) is 1.91. The van der Waals surface area contributed by atoms with E-state index in [1.807, 2.05) is 43.3 Å². The molecule has 1 amide bonds.